The maximum absolute atomic E-state index is 12.4. The fourth-order valence-electron chi connectivity index (χ4n) is 3.42. The van der Waals surface area contributed by atoms with Crippen LogP contribution in [0.1, 0.15) is 46.8 Å². The van der Waals surface area contributed by atoms with Crippen LogP contribution in [0.2, 0.25) is 0 Å². The second kappa shape index (κ2) is 7.44. The van der Waals surface area contributed by atoms with Gasteiger partial charge in [-0.2, -0.15) is 5.26 Å². The van der Waals surface area contributed by atoms with E-state index in [1.165, 1.54) is 0 Å². The van der Waals surface area contributed by atoms with Crippen molar-refractivity contribution in [3.05, 3.63) is 62.6 Å². The van der Waals surface area contributed by atoms with Crippen LogP contribution < -0.4 is 15.6 Å². The maximum Gasteiger partial charge on any atom is 0.266 e. The monoisotopic (exact) mass is 351 g/mol. The number of carbonyl (C=O) groups excluding carboxylic acids is 1. The molecule has 0 fully saturated rings. The first-order valence-electron chi connectivity index (χ1n) is 8.64. The van der Waals surface area contributed by atoms with E-state index in [0.717, 1.165) is 23.3 Å². The number of nitriles is 1. The molecule has 1 amide bonds. The summed E-state index contributed by atoms with van der Waals surface area (Å²) in [7, 11) is 0. The van der Waals surface area contributed by atoms with Crippen LogP contribution >= 0.6 is 0 Å². The first-order chi connectivity index (χ1) is 12.5. The van der Waals surface area contributed by atoms with E-state index in [1.807, 2.05) is 30.3 Å². The zero-order valence-corrected chi connectivity index (χ0v) is 14.9. The number of carbonyl (C=O) groups is 1. The van der Waals surface area contributed by atoms with Crippen molar-refractivity contribution in [2.24, 2.45) is 0 Å². The number of hydrogen-bond acceptors (Lipinski definition) is 4. The van der Waals surface area contributed by atoms with Gasteiger partial charge in [0.2, 0.25) is 5.91 Å². The van der Waals surface area contributed by atoms with Crippen molar-refractivity contribution >= 4 is 5.91 Å². The number of aryl methyl sites for hydroxylation is 1. The highest BCUT2D eigenvalue weighted by Gasteiger charge is 2.22. The van der Waals surface area contributed by atoms with E-state index in [4.69, 9.17) is 10.00 Å². The number of hydrogen-bond donors (Lipinski definition) is 2. The van der Waals surface area contributed by atoms with Crippen LogP contribution in [-0.2, 0) is 11.2 Å². The van der Waals surface area contributed by atoms with Gasteiger partial charge in [0.25, 0.3) is 5.56 Å². The molecule has 2 heterocycles. The molecular weight excluding hydrogens is 330 g/mol. The molecule has 1 aliphatic rings. The largest absolute Gasteiger partial charge is 0.493 e. The number of fused-ring (bicyclic) bond motifs is 1. The highest BCUT2D eigenvalue weighted by molar-refractivity contribution is 5.77. The molecule has 0 aliphatic carbocycles. The highest BCUT2D eigenvalue weighted by Crippen LogP contribution is 2.31. The van der Waals surface area contributed by atoms with Gasteiger partial charge in [-0.25, -0.2) is 0 Å². The average molecular weight is 351 g/mol. The molecule has 0 saturated carbocycles. The first kappa shape index (κ1) is 17.7. The van der Waals surface area contributed by atoms with E-state index in [-0.39, 0.29) is 29.5 Å². The number of pyridine rings is 1. The molecular formula is C20H21N3O3. The van der Waals surface area contributed by atoms with E-state index >= 15 is 0 Å². The third-order valence-corrected chi connectivity index (χ3v) is 4.82. The first-order valence-corrected chi connectivity index (χ1v) is 8.64. The summed E-state index contributed by atoms with van der Waals surface area (Å²) in [4.78, 5) is 26.9. The van der Waals surface area contributed by atoms with Crippen molar-refractivity contribution in [1.29, 1.82) is 5.26 Å². The Hall–Kier alpha value is -3.07. The second-order valence-electron chi connectivity index (χ2n) is 6.46. The van der Waals surface area contributed by atoms with E-state index in [1.54, 1.807) is 13.8 Å². The van der Waals surface area contributed by atoms with Crippen LogP contribution in [0.5, 0.6) is 5.75 Å². The summed E-state index contributed by atoms with van der Waals surface area (Å²) in [6.45, 7) is 4.12. The number of H-pyrrole nitrogens is 1. The number of rotatable bonds is 4. The Morgan fingerprint density at radius 2 is 2.15 bits per heavy atom. The molecule has 0 saturated heterocycles. The number of amides is 1. The van der Waals surface area contributed by atoms with Gasteiger partial charge in [-0.15, -0.1) is 0 Å². The van der Waals surface area contributed by atoms with Gasteiger partial charge in [-0.05, 0) is 37.5 Å². The summed E-state index contributed by atoms with van der Waals surface area (Å²) in [6.07, 6.45) is 1.50. The number of nitrogens with one attached hydrogen (secondary N) is 2. The van der Waals surface area contributed by atoms with Crippen LogP contribution in [0.15, 0.2) is 29.1 Å². The number of para-hydroxylation sites is 1. The molecule has 0 radical (unpaired) electrons. The Kier molecular flexibility index (Phi) is 5.08. The Balaban J connectivity index is 1.70. The minimum Gasteiger partial charge on any atom is -0.493 e. The smallest absolute Gasteiger partial charge is 0.266 e. The van der Waals surface area contributed by atoms with Crippen molar-refractivity contribution in [3.8, 4) is 11.8 Å². The van der Waals surface area contributed by atoms with Crippen molar-refractivity contribution in [2.45, 2.75) is 39.2 Å². The molecule has 0 spiro atoms. The maximum atomic E-state index is 12.4. The van der Waals surface area contributed by atoms with Gasteiger partial charge in [0.15, 0.2) is 0 Å². The molecule has 1 aromatic heterocycles. The Morgan fingerprint density at radius 1 is 1.38 bits per heavy atom. The highest BCUT2D eigenvalue weighted by atomic mass is 16.5. The van der Waals surface area contributed by atoms with Crippen LogP contribution in [0, 0.1) is 25.2 Å². The summed E-state index contributed by atoms with van der Waals surface area (Å²) >= 11 is 0. The SMILES string of the molecule is Cc1[nH]c(=O)c(C#N)c(C)c1CCC(=O)NC1CCOc2ccccc21. The van der Waals surface area contributed by atoms with Gasteiger partial charge in [0, 0.05) is 24.1 Å². The summed E-state index contributed by atoms with van der Waals surface area (Å²) in [5, 5.41) is 12.2. The number of aromatic amines is 1. The van der Waals surface area contributed by atoms with Crippen LogP contribution in [0.3, 0.4) is 0 Å². The lowest BCUT2D eigenvalue weighted by atomic mass is 9.98. The summed E-state index contributed by atoms with van der Waals surface area (Å²) in [5.74, 6) is 0.755. The fourth-order valence-corrected chi connectivity index (χ4v) is 3.42. The van der Waals surface area contributed by atoms with Gasteiger partial charge in [-0.3, -0.25) is 9.59 Å². The second-order valence-corrected chi connectivity index (χ2v) is 6.46. The van der Waals surface area contributed by atoms with Crippen molar-refractivity contribution in [2.75, 3.05) is 6.61 Å². The quantitative estimate of drug-likeness (QED) is 0.884. The Labute approximate surface area is 151 Å². The molecule has 26 heavy (non-hydrogen) atoms. The number of benzene rings is 1. The molecule has 3 rings (SSSR count). The Bertz CT molecular complexity index is 940. The molecule has 6 nitrogen and oxygen atoms in total. The van der Waals surface area contributed by atoms with E-state index in [9.17, 15) is 9.59 Å². The van der Waals surface area contributed by atoms with Crippen molar-refractivity contribution in [1.82, 2.24) is 10.3 Å². The summed E-state index contributed by atoms with van der Waals surface area (Å²) in [5.41, 5.74) is 2.94. The van der Waals surface area contributed by atoms with Crippen LogP contribution in [0.25, 0.3) is 0 Å². The zero-order valence-electron chi connectivity index (χ0n) is 14.9. The topological polar surface area (TPSA) is 95.0 Å². The molecule has 1 aromatic carbocycles. The lowest BCUT2D eigenvalue weighted by Crippen LogP contribution is -2.32. The molecule has 1 aliphatic heterocycles. The zero-order chi connectivity index (χ0) is 18.7. The van der Waals surface area contributed by atoms with E-state index < -0.39 is 0 Å². The summed E-state index contributed by atoms with van der Waals surface area (Å²) < 4.78 is 5.62. The standard InChI is InChI=1S/C20H21N3O3/c1-12-14(13(2)22-20(25)16(12)11-21)7-8-19(24)23-17-9-10-26-18-6-4-3-5-15(17)18/h3-6,17H,7-10H2,1-2H3,(H,22,25)(H,23,24). The molecule has 1 atom stereocenters. The van der Waals surface area contributed by atoms with Crippen LogP contribution in [-0.4, -0.2) is 17.5 Å². The van der Waals surface area contributed by atoms with Gasteiger partial charge >= 0.3 is 0 Å². The lowest BCUT2D eigenvalue weighted by Gasteiger charge is -2.26. The van der Waals surface area contributed by atoms with Gasteiger partial charge in [0.05, 0.1) is 12.6 Å². The molecule has 0 bridgehead atoms. The van der Waals surface area contributed by atoms with Gasteiger partial charge in [-0.1, -0.05) is 18.2 Å². The normalized spacial score (nSPS) is 15.5. The van der Waals surface area contributed by atoms with E-state index in [2.05, 4.69) is 10.3 Å². The Morgan fingerprint density at radius 3 is 2.92 bits per heavy atom. The molecule has 2 N–H and O–H groups in total. The number of ether oxygens (including phenoxy) is 1. The van der Waals surface area contributed by atoms with Gasteiger partial charge < -0.3 is 15.0 Å². The third kappa shape index (κ3) is 3.47. The number of nitrogens with zero attached hydrogens (tertiary/aromatic N) is 1. The predicted molar refractivity (Wildman–Crippen MR) is 97.0 cm³/mol. The third-order valence-electron chi connectivity index (χ3n) is 4.82. The minimum absolute atomic E-state index is 0.0557. The molecule has 134 valence electrons. The molecule has 2 aromatic rings. The van der Waals surface area contributed by atoms with Crippen molar-refractivity contribution < 1.29 is 9.53 Å². The van der Waals surface area contributed by atoms with E-state index in [0.29, 0.717) is 24.3 Å². The average Bonchev–Trinajstić information content (AvgIpc) is 2.62. The fraction of sp³-hybridized carbons (Fsp3) is 0.350. The molecule has 6 heteroatoms. The lowest BCUT2D eigenvalue weighted by molar-refractivity contribution is -0.122. The van der Waals surface area contributed by atoms with Gasteiger partial charge in [0.1, 0.15) is 17.4 Å². The molecule has 1 unspecified atom stereocenters. The number of aromatic nitrogens is 1. The predicted octanol–water partition coefficient (Wildman–Crippen LogP) is 2.44. The van der Waals surface area contributed by atoms with Crippen LogP contribution in [0.4, 0.5) is 0 Å². The summed E-state index contributed by atoms with van der Waals surface area (Å²) in [6, 6.07) is 9.60. The minimum atomic E-state index is -0.380. The van der Waals surface area contributed by atoms with Crippen molar-refractivity contribution in [3.63, 3.8) is 0 Å².